The van der Waals surface area contributed by atoms with Crippen LogP contribution in [-0.4, -0.2) is 32.5 Å². The third-order valence-electron chi connectivity index (χ3n) is 3.64. The zero-order valence-electron chi connectivity index (χ0n) is 14.5. The maximum absolute atomic E-state index is 4.50. The highest BCUT2D eigenvalue weighted by Crippen LogP contribution is 2.10. The van der Waals surface area contributed by atoms with Crippen molar-refractivity contribution in [3.63, 3.8) is 0 Å². The van der Waals surface area contributed by atoms with Crippen LogP contribution in [0.1, 0.15) is 21.3 Å². The average molecular weight is 355 g/mol. The highest BCUT2D eigenvalue weighted by Gasteiger charge is 2.04. The summed E-state index contributed by atoms with van der Waals surface area (Å²) in [5, 5.41) is 7.59. The topological polar surface area (TPSA) is 80.0 Å². The van der Waals surface area contributed by atoms with E-state index in [-0.39, 0.29) is 0 Å². The van der Waals surface area contributed by atoms with E-state index in [1.165, 1.54) is 4.88 Å². The first-order valence-corrected chi connectivity index (χ1v) is 8.78. The van der Waals surface area contributed by atoms with E-state index < -0.39 is 0 Å². The number of hydrogen-bond donors (Lipinski definition) is 2. The highest BCUT2D eigenvalue weighted by molar-refractivity contribution is 7.11. The van der Waals surface area contributed by atoms with E-state index in [0.717, 1.165) is 28.2 Å². The molecule has 3 heterocycles. The molecule has 0 saturated heterocycles. The molecular weight excluding hydrogens is 334 g/mol. The maximum Gasteiger partial charge on any atom is 0.191 e. The number of pyridine rings is 1. The van der Waals surface area contributed by atoms with E-state index in [2.05, 4.69) is 37.5 Å². The van der Waals surface area contributed by atoms with Crippen molar-refractivity contribution in [3.05, 3.63) is 58.2 Å². The normalized spacial score (nSPS) is 11.6. The molecule has 0 spiro atoms. The summed E-state index contributed by atoms with van der Waals surface area (Å²) in [4.78, 5) is 18.5. The zero-order valence-corrected chi connectivity index (χ0v) is 15.3. The molecular formula is C17H21N7S. The van der Waals surface area contributed by atoms with Crippen LogP contribution in [0.5, 0.6) is 0 Å². The van der Waals surface area contributed by atoms with Crippen LogP contribution >= 0.6 is 11.3 Å². The molecule has 3 rings (SSSR count). The molecule has 0 radical (unpaired) electrons. The minimum absolute atomic E-state index is 0.646. The molecule has 0 unspecified atom stereocenters. The fraction of sp³-hybridized carbons (Fsp3) is 0.294. The molecule has 0 bridgehead atoms. The Balaban J connectivity index is 1.54. The Morgan fingerprint density at radius 3 is 2.56 bits per heavy atom. The molecule has 0 aliphatic rings. The molecule has 25 heavy (non-hydrogen) atoms. The summed E-state index contributed by atoms with van der Waals surface area (Å²) in [6.45, 7) is 5.31. The van der Waals surface area contributed by atoms with Crippen LogP contribution in [-0.2, 0) is 13.1 Å². The first-order valence-electron chi connectivity index (χ1n) is 7.97. The zero-order chi connectivity index (χ0) is 17.6. The van der Waals surface area contributed by atoms with Gasteiger partial charge in [-0.2, -0.15) is 0 Å². The average Bonchev–Trinajstić information content (AvgIpc) is 3.24. The van der Waals surface area contributed by atoms with Crippen LogP contribution in [0.3, 0.4) is 0 Å². The molecule has 3 aromatic rings. The van der Waals surface area contributed by atoms with Crippen molar-refractivity contribution in [1.82, 2.24) is 30.2 Å². The number of aryl methyl sites for hydroxylation is 2. The standard InChI is InChI=1S/C17H21N7S/c1-12-8-21-16(25-12)11-23-17(18-3)22-10-14-4-5-15(20-9-14)24-7-6-19-13(24)2/h4-9H,10-11H2,1-3H3,(H2,18,22,23). The molecule has 0 amide bonds. The van der Waals surface area contributed by atoms with Gasteiger partial charge in [-0.15, -0.1) is 11.3 Å². The van der Waals surface area contributed by atoms with Crippen LogP contribution in [0.25, 0.3) is 5.82 Å². The molecule has 8 heteroatoms. The van der Waals surface area contributed by atoms with Crippen LogP contribution < -0.4 is 10.6 Å². The number of guanidine groups is 1. The van der Waals surface area contributed by atoms with Gasteiger partial charge in [0.15, 0.2) is 5.96 Å². The van der Waals surface area contributed by atoms with E-state index in [1.807, 2.05) is 42.2 Å². The lowest BCUT2D eigenvalue weighted by Crippen LogP contribution is -2.36. The predicted octanol–water partition coefficient (Wildman–Crippen LogP) is 2.21. The van der Waals surface area contributed by atoms with Crippen molar-refractivity contribution in [2.45, 2.75) is 26.9 Å². The number of thiazole rings is 1. The second kappa shape index (κ2) is 7.89. The summed E-state index contributed by atoms with van der Waals surface area (Å²) in [7, 11) is 1.76. The molecule has 0 aliphatic carbocycles. The number of imidazole rings is 1. The Kier molecular flexibility index (Phi) is 5.39. The molecule has 130 valence electrons. The van der Waals surface area contributed by atoms with Crippen molar-refractivity contribution in [2.75, 3.05) is 7.05 Å². The Morgan fingerprint density at radius 2 is 1.96 bits per heavy atom. The van der Waals surface area contributed by atoms with E-state index in [1.54, 1.807) is 24.6 Å². The van der Waals surface area contributed by atoms with E-state index >= 15 is 0 Å². The summed E-state index contributed by atoms with van der Waals surface area (Å²) >= 11 is 1.68. The Morgan fingerprint density at radius 1 is 1.12 bits per heavy atom. The maximum atomic E-state index is 4.50. The van der Waals surface area contributed by atoms with Crippen LogP contribution in [0.2, 0.25) is 0 Å². The van der Waals surface area contributed by atoms with Gasteiger partial charge in [-0.3, -0.25) is 9.56 Å². The number of aliphatic imine (C=N–C) groups is 1. The number of nitrogens with one attached hydrogen (secondary N) is 2. The van der Waals surface area contributed by atoms with Gasteiger partial charge in [0.1, 0.15) is 16.6 Å². The molecule has 0 aromatic carbocycles. The van der Waals surface area contributed by atoms with Gasteiger partial charge in [0.2, 0.25) is 0 Å². The van der Waals surface area contributed by atoms with Gasteiger partial charge in [0.25, 0.3) is 0 Å². The third kappa shape index (κ3) is 4.42. The second-order valence-corrected chi connectivity index (χ2v) is 6.83. The minimum Gasteiger partial charge on any atom is -0.352 e. The highest BCUT2D eigenvalue weighted by atomic mass is 32.1. The summed E-state index contributed by atoms with van der Waals surface area (Å²) < 4.78 is 1.95. The van der Waals surface area contributed by atoms with Crippen molar-refractivity contribution in [2.24, 2.45) is 4.99 Å². The second-order valence-electron chi connectivity index (χ2n) is 5.51. The Hall–Kier alpha value is -2.74. The number of hydrogen-bond acceptors (Lipinski definition) is 5. The monoisotopic (exact) mass is 355 g/mol. The third-order valence-corrected chi connectivity index (χ3v) is 4.55. The Labute approximate surface area is 150 Å². The fourth-order valence-corrected chi connectivity index (χ4v) is 3.06. The summed E-state index contributed by atoms with van der Waals surface area (Å²) in [6.07, 6.45) is 7.42. The van der Waals surface area contributed by atoms with E-state index in [0.29, 0.717) is 13.1 Å². The SMILES string of the molecule is CN=C(NCc1ccc(-n2ccnc2C)nc1)NCc1ncc(C)s1. The van der Waals surface area contributed by atoms with Gasteiger partial charge in [0, 0.05) is 43.3 Å². The molecule has 7 nitrogen and oxygen atoms in total. The summed E-state index contributed by atoms with van der Waals surface area (Å²) in [5.74, 6) is 2.52. The van der Waals surface area contributed by atoms with E-state index in [9.17, 15) is 0 Å². The lowest BCUT2D eigenvalue weighted by molar-refractivity contribution is 0.801. The number of aromatic nitrogens is 4. The smallest absolute Gasteiger partial charge is 0.191 e. The van der Waals surface area contributed by atoms with Gasteiger partial charge in [-0.25, -0.2) is 15.0 Å². The first kappa shape index (κ1) is 17.1. The molecule has 2 N–H and O–H groups in total. The van der Waals surface area contributed by atoms with Crippen molar-refractivity contribution < 1.29 is 0 Å². The summed E-state index contributed by atoms with van der Waals surface area (Å²) in [5.41, 5.74) is 1.08. The van der Waals surface area contributed by atoms with E-state index in [4.69, 9.17) is 0 Å². The van der Waals surface area contributed by atoms with Crippen molar-refractivity contribution in [3.8, 4) is 5.82 Å². The largest absolute Gasteiger partial charge is 0.352 e. The minimum atomic E-state index is 0.646. The summed E-state index contributed by atoms with van der Waals surface area (Å²) in [6, 6.07) is 4.03. The quantitative estimate of drug-likeness (QED) is 0.542. The fourth-order valence-electron chi connectivity index (χ4n) is 2.33. The van der Waals surface area contributed by atoms with Gasteiger partial charge >= 0.3 is 0 Å². The van der Waals surface area contributed by atoms with Gasteiger partial charge in [-0.1, -0.05) is 6.07 Å². The molecule has 0 fully saturated rings. The van der Waals surface area contributed by atoms with Crippen molar-refractivity contribution in [1.29, 1.82) is 0 Å². The van der Waals surface area contributed by atoms with Crippen LogP contribution in [0.15, 0.2) is 41.9 Å². The predicted molar refractivity (Wildman–Crippen MR) is 100.0 cm³/mol. The molecule has 3 aromatic heterocycles. The van der Waals surface area contributed by atoms with Gasteiger partial charge < -0.3 is 10.6 Å². The van der Waals surface area contributed by atoms with Crippen molar-refractivity contribution >= 4 is 17.3 Å². The molecule has 0 aliphatic heterocycles. The molecule has 0 saturated carbocycles. The van der Waals surface area contributed by atoms with Crippen LogP contribution in [0, 0.1) is 13.8 Å². The number of rotatable bonds is 5. The lowest BCUT2D eigenvalue weighted by atomic mass is 10.3. The molecule has 0 atom stereocenters. The first-order chi connectivity index (χ1) is 12.2. The number of nitrogens with zero attached hydrogens (tertiary/aromatic N) is 5. The van der Waals surface area contributed by atoms with Gasteiger partial charge in [-0.05, 0) is 25.5 Å². The Bertz CT molecular complexity index is 848. The van der Waals surface area contributed by atoms with Crippen LogP contribution in [0.4, 0.5) is 0 Å². The lowest BCUT2D eigenvalue weighted by Gasteiger charge is -2.11. The van der Waals surface area contributed by atoms with Gasteiger partial charge in [0.05, 0.1) is 6.54 Å².